The molecule has 0 aliphatic rings. The summed E-state index contributed by atoms with van der Waals surface area (Å²) in [5.74, 6) is 7.50. The second-order valence-electron chi connectivity index (χ2n) is 0.954. The Kier molecular flexibility index (Phi) is 153. The Morgan fingerprint density at radius 2 is 0.737 bits per heavy atom. The normalized spacial score (nSPS) is 4.74. The molecule has 19 heavy (non-hydrogen) atoms. The summed E-state index contributed by atoms with van der Waals surface area (Å²) in [6.45, 7) is 0. The van der Waals surface area contributed by atoms with Crippen molar-refractivity contribution < 1.29 is 93.5 Å². The van der Waals surface area contributed by atoms with Gasteiger partial charge in [-0.15, -0.1) is 5.53 Å². The molecule has 0 aliphatic carbocycles. The molecule has 0 fully saturated rings. The topological polar surface area (TPSA) is 345 Å². The van der Waals surface area contributed by atoms with Crippen LogP contribution in [-0.4, -0.2) is 34.9 Å². The Labute approximate surface area is 124 Å². The molecule has 15 nitrogen and oxygen atoms in total. The number of carboxylic acid groups (broad SMARTS) is 6. The zero-order valence-corrected chi connectivity index (χ0v) is 11.3. The molecular formula is C3H9N3O12Zr-4. The number of quaternary nitrogens is 1. The fourth-order valence-electron chi connectivity index (χ4n) is 0. The summed E-state index contributed by atoms with van der Waals surface area (Å²) in [6, 6.07) is 0. The van der Waals surface area contributed by atoms with E-state index >= 15 is 0 Å². The molecule has 0 atom stereocenters. The number of hydrogen-bond acceptors (Lipinski definition) is 14. The van der Waals surface area contributed by atoms with Crippen LogP contribution in [0.15, 0.2) is 0 Å². The summed E-state index contributed by atoms with van der Waals surface area (Å²) < 4.78 is 0. The molecule has 0 bridgehead atoms. The van der Waals surface area contributed by atoms with Gasteiger partial charge in [0.2, 0.25) is 0 Å². The summed E-state index contributed by atoms with van der Waals surface area (Å²) in [4.78, 5) is 25.0. The van der Waals surface area contributed by atoms with E-state index in [1.807, 2.05) is 5.53 Å². The van der Waals surface area contributed by atoms with Crippen molar-refractivity contribution in [3.05, 3.63) is 0 Å². The first-order valence-electron chi connectivity index (χ1n) is 2.48. The summed E-state index contributed by atoms with van der Waals surface area (Å²) in [6.07, 6.45) is -7.00. The van der Waals surface area contributed by atoms with E-state index in [0.29, 0.717) is 0 Å². The van der Waals surface area contributed by atoms with E-state index in [4.69, 9.17) is 45.0 Å². The molecule has 0 amide bonds. The number of hydrazine groups is 1. The van der Waals surface area contributed by atoms with Gasteiger partial charge in [-0.05, 0) is 18.5 Å². The van der Waals surface area contributed by atoms with Crippen LogP contribution in [0.3, 0.4) is 0 Å². The number of hydrogen-bond donors (Lipinski definition) is 3. The number of nitrogens with one attached hydrogen (secondary N) is 1. The van der Waals surface area contributed by atoms with Gasteiger partial charge in [0.1, 0.15) is 0 Å². The minimum Gasteiger partial charge on any atom is -0.870 e. The van der Waals surface area contributed by atoms with Gasteiger partial charge in [0.05, 0.1) is 0 Å². The van der Waals surface area contributed by atoms with Gasteiger partial charge in [-0.1, -0.05) is 0 Å². The number of nitrogens with two attached hydrogens (primary N) is 1. The van der Waals surface area contributed by atoms with Crippen LogP contribution in [-0.2, 0) is 26.2 Å². The molecule has 0 heterocycles. The third-order valence-corrected chi connectivity index (χ3v) is 0. The Morgan fingerprint density at radius 3 is 0.737 bits per heavy atom. The van der Waals surface area contributed by atoms with E-state index in [1.165, 1.54) is 0 Å². The first-order valence-corrected chi connectivity index (χ1v) is 2.48. The predicted molar refractivity (Wildman–Crippen MR) is 32.2 cm³/mol. The fourth-order valence-corrected chi connectivity index (χ4v) is 0. The summed E-state index contributed by atoms with van der Waals surface area (Å²) in [7, 11) is 0. The molecule has 0 unspecified atom stereocenters. The van der Waals surface area contributed by atoms with Crippen LogP contribution in [0.5, 0.6) is 0 Å². The van der Waals surface area contributed by atoms with Gasteiger partial charge < -0.3 is 61.5 Å². The zero-order chi connectivity index (χ0) is 13.4. The fraction of sp³-hybridized carbons (Fsp3) is 0. The Balaban J connectivity index is -0.0000000133. The molecule has 116 valence electrons. The van der Waals surface area contributed by atoms with Crippen LogP contribution in [0.1, 0.15) is 0 Å². The van der Waals surface area contributed by atoms with Crippen LogP contribution in [0.4, 0.5) is 14.4 Å². The minimum absolute atomic E-state index is 0. The van der Waals surface area contributed by atoms with E-state index in [9.17, 15) is 0 Å². The molecule has 0 spiro atoms. The van der Waals surface area contributed by atoms with Crippen molar-refractivity contribution in [3.63, 3.8) is 0 Å². The maximum atomic E-state index is 8.33. The monoisotopic (exact) mass is 369 g/mol. The third kappa shape index (κ3) is 1440. The number of carbonyl (C=O) groups is 3. The van der Waals surface area contributed by atoms with Crippen molar-refractivity contribution in [2.75, 3.05) is 0 Å². The summed E-state index contributed by atoms with van der Waals surface area (Å²) in [5.41, 5.74) is 2.00. The first kappa shape index (κ1) is 52.9. The average molecular weight is 370 g/mol. The molecule has 9 N–H and O–H groups in total. The van der Waals surface area contributed by atoms with Crippen molar-refractivity contribution in [2.45, 2.75) is 0 Å². The quantitative estimate of drug-likeness (QED) is 0.263. The Morgan fingerprint density at radius 1 is 0.737 bits per heavy atom. The maximum Gasteiger partial charge on any atom is 4.00 e. The molecule has 0 rings (SSSR count). The maximum absolute atomic E-state index is 8.33. The SMILES string of the molecule is NN[NH3+].O=C([O-])[O-].O=C([O-])[O-].O=C([O-])[O-].[OH-].[OH-].[OH-].[Zr+4]. The predicted octanol–water partition coefficient (Wildman–Crippen LogP) is -10.3. The number of rotatable bonds is 0. The van der Waals surface area contributed by atoms with E-state index < -0.39 is 18.5 Å². The molecular weight excluding hydrogens is 361 g/mol. The zero-order valence-electron chi connectivity index (χ0n) is 8.80. The molecule has 0 aliphatic heterocycles. The van der Waals surface area contributed by atoms with Crippen LogP contribution in [0, 0.1) is 0 Å². The van der Waals surface area contributed by atoms with E-state index in [2.05, 4.69) is 11.7 Å². The van der Waals surface area contributed by atoms with Gasteiger partial charge >= 0.3 is 26.2 Å². The van der Waals surface area contributed by atoms with Gasteiger partial charge in [0.15, 0.2) is 0 Å². The summed E-state index contributed by atoms with van der Waals surface area (Å²) >= 11 is 0. The first-order chi connectivity index (χ1) is 6.61. The van der Waals surface area contributed by atoms with Crippen molar-refractivity contribution in [1.29, 1.82) is 0 Å². The molecule has 0 saturated carbocycles. The van der Waals surface area contributed by atoms with Crippen molar-refractivity contribution in [2.24, 2.45) is 5.84 Å². The van der Waals surface area contributed by atoms with Gasteiger partial charge in [-0.25, -0.2) is 5.84 Å². The summed E-state index contributed by atoms with van der Waals surface area (Å²) in [5, 5.41) is 50.0. The van der Waals surface area contributed by atoms with E-state index in [1.54, 1.807) is 0 Å². The third-order valence-electron chi connectivity index (χ3n) is 0. The van der Waals surface area contributed by atoms with Crippen molar-refractivity contribution >= 4 is 18.5 Å². The van der Waals surface area contributed by atoms with Crippen LogP contribution in [0.25, 0.3) is 0 Å². The van der Waals surface area contributed by atoms with Crippen molar-refractivity contribution in [1.82, 2.24) is 5.53 Å². The Bertz CT molecular complexity index is 137. The smallest absolute Gasteiger partial charge is 0.870 e. The Hall–Kier alpha value is -1.55. The van der Waals surface area contributed by atoms with Crippen LogP contribution < -0.4 is 47.9 Å². The van der Waals surface area contributed by atoms with Gasteiger partial charge in [-0.2, -0.15) is 0 Å². The van der Waals surface area contributed by atoms with Crippen molar-refractivity contribution in [3.8, 4) is 0 Å². The molecule has 0 aromatic heterocycles. The van der Waals surface area contributed by atoms with Crippen LogP contribution in [0.2, 0.25) is 0 Å². The standard InChI is InChI=1S/3CH2O3.H5N3.3H2O.Zr/c3*2-1(3)4;1-3-2;;;;/h3*(H2,2,3,4);3H,1-2H2;3*1H2;/q;;;;;;;+4/p-8. The second-order valence-corrected chi connectivity index (χ2v) is 0.954. The van der Waals surface area contributed by atoms with Gasteiger partial charge in [-0.3, -0.25) is 5.84 Å². The molecule has 0 saturated heterocycles. The average Bonchev–Trinajstić information content (AvgIpc) is 1.81. The molecule has 0 aromatic rings. The molecule has 0 aromatic carbocycles. The molecule has 0 radical (unpaired) electrons. The van der Waals surface area contributed by atoms with E-state index in [0.717, 1.165) is 0 Å². The van der Waals surface area contributed by atoms with Gasteiger partial charge in [0, 0.05) is 0 Å². The largest absolute Gasteiger partial charge is 4.00 e. The number of carbonyl (C=O) groups excluding carboxylic acids is 3. The second kappa shape index (κ2) is 55.0. The minimum atomic E-state index is -2.33. The van der Waals surface area contributed by atoms with Crippen LogP contribution >= 0.6 is 0 Å². The molecule has 16 heteroatoms. The van der Waals surface area contributed by atoms with Gasteiger partial charge in [0.25, 0.3) is 0 Å². The van der Waals surface area contributed by atoms with E-state index in [-0.39, 0.29) is 42.6 Å².